The highest BCUT2D eigenvalue weighted by Gasteiger charge is 2.09. The molecular formula is C10H18N6O. The van der Waals surface area contributed by atoms with Gasteiger partial charge in [0.15, 0.2) is 0 Å². The minimum Gasteiger partial charge on any atom is -0.355 e. The predicted molar refractivity (Wildman–Crippen MR) is 66.5 cm³/mol. The highest BCUT2D eigenvalue weighted by atomic mass is 16.2. The molecule has 1 aromatic heterocycles. The van der Waals surface area contributed by atoms with Crippen molar-refractivity contribution < 1.29 is 4.79 Å². The van der Waals surface area contributed by atoms with Crippen LogP contribution < -0.4 is 21.5 Å². The van der Waals surface area contributed by atoms with Crippen molar-refractivity contribution in [2.45, 2.75) is 13.8 Å². The Morgan fingerprint density at radius 3 is 2.82 bits per heavy atom. The van der Waals surface area contributed by atoms with Crippen LogP contribution in [0.5, 0.6) is 0 Å². The third kappa shape index (κ3) is 3.87. The minimum atomic E-state index is -0.0477. The van der Waals surface area contributed by atoms with Gasteiger partial charge in [-0.05, 0) is 13.8 Å². The fourth-order valence-electron chi connectivity index (χ4n) is 1.36. The lowest BCUT2D eigenvalue weighted by Gasteiger charge is -2.18. The number of aromatic nitrogens is 2. The average molecular weight is 238 g/mol. The zero-order chi connectivity index (χ0) is 12.8. The topological polar surface area (TPSA) is 96.2 Å². The van der Waals surface area contributed by atoms with Gasteiger partial charge in [0.2, 0.25) is 11.9 Å². The molecule has 0 aliphatic rings. The lowest BCUT2D eigenvalue weighted by Crippen LogP contribution is -2.35. The smallest absolute Gasteiger partial charge is 0.239 e. The van der Waals surface area contributed by atoms with Gasteiger partial charge in [-0.2, -0.15) is 4.98 Å². The van der Waals surface area contributed by atoms with Crippen LogP contribution in [0.2, 0.25) is 0 Å². The van der Waals surface area contributed by atoms with Gasteiger partial charge in [-0.25, -0.2) is 10.8 Å². The van der Waals surface area contributed by atoms with E-state index < -0.39 is 0 Å². The zero-order valence-corrected chi connectivity index (χ0v) is 10.3. The summed E-state index contributed by atoms with van der Waals surface area (Å²) in [5.74, 6) is 6.20. The van der Waals surface area contributed by atoms with Crippen LogP contribution in [0.4, 0.5) is 11.8 Å². The molecule has 4 N–H and O–H groups in total. The normalized spacial score (nSPS) is 9.88. The average Bonchev–Trinajstić information content (AvgIpc) is 2.28. The Hall–Kier alpha value is -1.89. The van der Waals surface area contributed by atoms with E-state index in [0.29, 0.717) is 18.3 Å². The molecule has 1 heterocycles. The van der Waals surface area contributed by atoms with Gasteiger partial charge in [0, 0.05) is 25.4 Å². The van der Waals surface area contributed by atoms with Crippen molar-refractivity contribution >= 4 is 17.7 Å². The van der Waals surface area contributed by atoms with E-state index >= 15 is 0 Å². The van der Waals surface area contributed by atoms with Gasteiger partial charge in [0.05, 0.1) is 6.54 Å². The van der Waals surface area contributed by atoms with Gasteiger partial charge in [0.1, 0.15) is 5.82 Å². The molecule has 7 nitrogen and oxygen atoms in total. The van der Waals surface area contributed by atoms with Gasteiger partial charge < -0.3 is 10.2 Å². The molecule has 1 aromatic rings. The second-order valence-electron chi connectivity index (χ2n) is 3.65. The summed E-state index contributed by atoms with van der Waals surface area (Å²) in [5, 5.41) is 2.73. The van der Waals surface area contributed by atoms with E-state index in [0.717, 1.165) is 5.69 Å². The highest BCUT2D eigenvalue weighted by Crippen LogP contribution is 2.12. The molecule has 94 valence electrons. The minimum absolute atomic E-state index is 0.0477. The number of carbonyl (C=O) groups is 1. The first-order valence-electron chi connectivity index (χ1n) is 5.37. The van der Waals surface area contributed by atoms with Gasteiger partial charge in [0.25, 0.3) is 0 Å². The number of nitrogens with zero attached hydrogens (tertiary/aromatic N) is 3. The molecule has 0 saturated heterocycles. The Labute approximate surface area is 100 Å². The molecule has 7 heteroatoms. The van der Waals surface area contributed by atoms with E-state index in [9.17, 15) is 4.79 Å². The molecule has 0 aromatic carbocycles. The van der Waals surface area contributed by atoms with Crippen LogP contribution in [0, 0.1) is 6.92 Å². The van der Waals surface area contributed by atoms with Crippen LogP contribution in [0.1, 0.15) is 12.6 Å². The van der Waals surface area contributed by atoms with E-state index in [-0.39, 0.29) is 12.5 Å². The molecule has 0 saturated carbocycles. The summed E-state index contributed by atoms with van der Waals surface area (Å²) in [6.45, 7) is 4.58. The van der Waals surface area contributed by atoms with E-state index in [1.54, 1.807) is 18.0 Å². The molecule has 0 aliphatic heterocycles. The molecular weight excluding hydrogens is 220 g/mol. The van der Waals surface area contributed by atoms with Crippen molar-refractivity contribution in [1.29, 1.82) is 0 Å². The monoisotopic (exact) mass is 238 g/mol. The number of nitrogens with two attached hydrogens (primary N) is 1. The number of hydrazine groups is 1. The number of aryl methyl sites for hydroxylation is 1. The van der Waals surface area contributed by atoms with Crippen molar-refractivity contribution in [2.75, 3.05) is 30.5 Å². The SMILES string of the molecule is CCNC(=O)CN(C)c1cc(C)nc(NN)n1. The molecule has 0 bridgehead atoms. The summed E-state index contributed by atoms with van der Waals surface area (Å²) in [6, 6.07) is 1.79. The largest absolute Gasteiger partial charge is 0.355 e. The van der Waals surface area contributed by atoms with Crippen LogP contribution in [0.25, 0.3) is 0 Å². The fourth-order valence-corrected chi connectivity index (χ4v) is 1.36. The number of nitrogen functional groups attached to an aromatic ring is 1. The third-order valence-corrected chi connectivity index (χ3v) is 2.12. The number of hydrogen-bond donors (Lipinski definition) is 3. The summed E-state index contributed by atoms with van der Waals surface area (Å²) < 4.78 is 0. The number of rotatable bonds is 5. The predicted octanol–water partition coefficient (Wildman–Crippen LogP) is -0.357. The van der Waals surface area contributed by atoms with Crippen molar-refractivity contribution in [2.24, 2.45) is 5.84 Å². The molecule has 17 heavy (non-hydrogen) atoms. The number of hydrogen-bond acceptors (Lipinski definition) is 6. The Balaban J connectivity index is 2.77. The zero-order valence-electron chi connectivity index (χ0n) is 10.3. The lowest BCUT2D eigenvalue weighted by molar-refractivity contribution is -0.119. The molecule has 0 atom stereocenters. The van der Waals surface area contributed by atoms with E-state index in [2.05, 4.69) is 20.7 Å². The van der Waals surface area contributed by atoms with Crippen molar-refractivity contribution in [3.63, 3.8) is 0 Å². The first-order chi connectivity index (χ1) is 8.06. The van der Waals surface area contributed by atoms with Crippen LogP contribution in [0.3, 0.4) is 0 Å². The highest BCUT2D eigenvalue weighted by molar-refractivity contribution is 5.80. The Morgan fingerprint density at radius 1 is 1.53 bits per heavy atom. The van der Waals surface area contributed by atoms with Crippen LogP contribution >= 0.6 is 0 Å². The summed E-state index contributed by atoms with van der Waals surface area (Å²) in [7, 11) is 1.79. The summed E-state index contributed by atoms with van der Waals surface area (Å²) in [5.41, 5.74) is 3.18. The van der Waals surface area contributed by atoms with Gasteiger partial charge in [-0.3, -0.25) is 10.2 Å². The molecule has 1 rings (SSSR count). The van der Waals surface area contributed by atoms with E-state index in [1.807, 2.05) is 13.8 Å². The summed E-state index contributed by atoms with van der Waals surface area (Å²) >= 11 is 0. The molecule has 0 fully saturated rings. The maximum absolute atomic E-state index is 11.4. The maximum atomic E-state index is 11.4. The van der Waals surface area contributed by atoms with Gasteiger partial charge in [-0.1, -0.05) is 0 Å². The van der Waals surface area contributed by atoms with E-state index in [4.69, 9.17) is 5.84 Å². The summed E-state index contributed by atoms with van der Waals surface area (Å²) in [4.78, 5) is 21.4. The van der Waals surface area contributed by atoms with Gasteiger partial charge >= 0.3 is 0 Å². The third-order valence-electron chi connectivity index (χ3n) is 2.12. The summed E-state index contributed by atoms with van der Waals surface area (Å²) in [6.07, 6.45) is 0. The van der Waals surface area contributed by atoms with Crippen molar-refractivity contribution in [3.05, 3.63) is 11.8 Å². The molecule has 1 amide bonds. The number of carbonyl (C=O) groups excluding carboxylic acids is 1. The number of likely N-dealkylation sites (N-methyl/N-ethyl adjacent to an activating group) is 2. The van der Waals surface area contributed by atoms with Crippen LogP contribution in [-0.2, 0) is 4.79 Å². The van der Waals surface area contributed by atoms with Crippen LogP contribution in [-0.4, -0.2) is 36.0 Å². The molecule has 0 aliphatic carbocycles. The standard InChI is InChI=1S/C10H18N6O/c1-4-12-9(17)6-16(3)8-5-7(2)13-10(14-8)15-11/h5H,4,6,11H2,1-3H3,(H,12,17)(H,13,14,15). The lowest BCUT2D eigenvalue weighted by atomic mass is 10.4. The Morgan fingerprint density at radius 2 is 2.24 bits per heavy atom. The molecule has 0 unspecified atom stereocenters. The van der Waals surface area contributed by atoms with Gasteiger partial charge in [-0.15, -0.1) is 0 Å². The second-order valence-corrected chi connectivity index (χ2v) is 3.65. The quantitative estimate of drug-likeness (QED) is 0.479. The van der Waals surface area contributed by atoms with E-state index in [1.165, 1.54) is 0 Å². The number of amides is 1. The first kappa shape index (κ1) is 13.2. The molecule has 0 spiro atoms. The Bertz CT molecular complexity index is 394. The van der Waals surface area contributed by atoms with Crippen molar-refractivity contribution in [1.82, 2.24) is 15.3 Å². The number of nitrogens with one attached hydrogen (secondary N) is 2. The fraction of sp³-hybridized carbons (Fsp3) is 0.500. The molecule has 0 radical (unpaired) electrons. The second kappa shape index (κ2) is 6.00. The van der Waals surface area contributed by atoms with Crippen molar-refractivity contribution in [3.8, 4) is 0 Å². The van der Waals surface area contributed by atoms with Crippen LogP contribution in [0.15, 0.2) is 6.07 Å². The first-order valence-corrected chi connectivity index (χ1v) is 5.37. The maximum Gasteiger partial charge on any atom is 0.239 e. The Kier molecular flexibility index (Phi) is 4.65. The number of anilines is 2.